The van der Waals surface area contributed by atoms with Gasteiger partial charge in [0.05, 0.1) is 11.1 Å². The van der Waals surface area contributed by atoms with Crippen molar-refractivity contribution in [2.75, 3.05) is 0 Å². The molecule has 2 nitrogen and oxygen atoms in total. The minimum atomic E-state index is -0.753. The van der Waals surface area contributed by atoms with Crippen LogP contribution < -0.4 is 0 Å². The molecule has 4 heteroatoms. The summed E-state index contributed by atoms with van der Waals surface area (Å²) in [6.07, 6.45) is -0.492. The van der Waals surface area contributed by atoms with Gasteiger partial charge in [-0.05, 0) is 38.0 Å². The van der Waals surface area contributed by atoms with E-state index < -0.39 is 11.9 Å². The summed E-state index contributed by atoms with van der Waals surface area (Å²) >= 11 is 5.90. The molecule has 1 aromatic carbocycles. The third-order valence-electron chi connectivity index (χ3n) is 3.40. The van der Waals surface area contributed by atoms with Crippen LogP contribution in [0.1, 0.15) is 34.3 Å². The Bertz CT molecular complexity index is 604. The molecule has 0 aliphatic rings. The van der Waals surface area contributed by atoms with Gasteiger partial charge in [0, 0.05) is 12.0 Å². The molecule has 1 atom stereocenters. The van der Waals surface area contributed by atoms with Crippen molar-refractivity contribution >= 4 is 11.6 Å². The van der Waals surface area contributed by atoms with Gasteiger partial charge in [-0.2, -0.15) is 0 Å². The van der Waals surface area contributed by atoms with Crippen LogP contribution in [0.2, 0.25) is 5.02 Å². The molecule has 0 aliphatic heterocycles. The first-order valence-corrected chi connectivity index (χ1v) is 6.47. The molecule has 0 amide bonds. The summed E-state index contributed by atoms with van der Waals surface area (Å²) in [4.78, 5) is 0. The summed E-state index contributed by atoms with van der Waals surface area (Å²) in [5.74, 6) is 1.01. The standard InChI is InChI=1S/C15H16ClFO2/c1-8-9(2)19-10(3)14(8)13(18)7-11-5-4-6-12(17)15(11)16/h4-6,13,18H,7H2,1-3H3. The normalized spacial score (nSPS) is 12.7. The Morgan fingerprint density at radius 3 is 2.53 bits per heavy atom. The Kier molecular flexibility index (Phi) is 3.97. The minimum Gasteiger partial charge on any atom is -0.466 e. The first kappa shape index (κ1) is 14.1. The Balaban J connectivity index is 2.31. The zero-order valence-corrected chi connectivity index (χ0v) is 11.9. The van der Waals surface area contributed by atoms with Crippen molar-refractivity contribution in [3.63, 3.8) is 0 Å². The second-order valence-corrected chi connectivity index (χ2v) is 5.06. The van der Waals surface area contributed by atoms with Crippen LogP contribution in [0, 0.1) is 26.6 Å². The zero-order valence-electron chi connectivity index (χ0n) is 11.1. The first-order valence-electron chi connectivity index (χ1n) is 6.09. The van der Waals surface area contributed by atoms with E-state index in [9.17, 15) is 9.50 Å². The average Bonchev–Trinajstić information content (AvgIpc) is 2.59. The highest BCUT2D eigenvalue weighted by Crippen LogP contribution is 2.31. The molecule has 1 unspecified atom stereocenters. The quantitative estimate of drug-likeness (QED) is 0.912. The van der Waals surface area contributed by atoms with Gasteiger partial charge in [-0.15, -0.1) is 0 Å². The van der Waals surface area contributed by atoms with Gasteiger partial charge in [0.2, 0.25) is 0 Å². The predicted molar refractivity (Wildman–Crippen MR) is 73.0 cm³/mol. The number of aliphatic hydroxyl groups is 1. The topological polar surface area (TPSA) is 33.4 Å². The average molecular weight is 283 g/mol. The van der Waals surface area contributed by atoms with Gasteiger partial charge < -0.3 is 9.52 Å². The molecular weight excluding hydrogens is 267 g/mol. The molecule has 19 heavy (non-hydrogen) atoms. The summed E-state index contributed by atoms with van der Waals surface area (Å²) in [6.45, 7) is 5.57. The lowest BCUT2D eigenvalue weighted by Gasteiger charge is -2.12. The SMILES string of the molecule is Cc1oc(C)c(C(O)Cc2cccc(F)c2Cl)c1C. The second kappa shape index (κ2) is 5.35. The largest absolute Gasteiger partial charge is 0.466 e. The van der Waals surface area contributed by atoms with Crippen LogP contribution in [-0.4, -0.2) is 5.11 Å². The Morgan fingerprint density at radius 2 is 1.95 bits per heavy atom. The minimum absolute atomic E-state index is 0.0667. The van der Waals surface area contributed by atoms with E-state index in [1.54, 1.807) is 12.1 Å². The van der Waals surface area contributed by atoms with Gasteiger partial charge in [0.1, 0.15) is 17.3 Å². The first-order chi connectivity index (χ1) is 8.91. The fourth-order valence-electron chi connectivity index (χ4n) is 2.32. The van der Waals surface area contributed by atoms with Gasteiger partial charge in [0.25, 0.3) is 0 Å². The van der Waals surface area contributed by atoms with Gasteiger partial charge in [-0.25, -0.2) is 4.39 Å². The Labute approximate surface area is 116 Å². The van der Waals surface area contributed by atoms with Crippen molar-refractivity contribution in [3.8, 4) is 0 Å². The molecule has 2 aromatic rings. The van der Waals surface area contributed by atoms with Crippen molar-refractivity contribution < 1.29 is 13.9 Å². The lowest BCUT2D eigenvalue weighted by Crippen LogP contribution is -2.05. The third kappa shape index (κ3) is 2.67. The van der Waals surface area contributed by atoms with E-state index in [0.29, 0.717) is 11.3 Å². The zero-order chi connectivity index (χ0) is 14.2. The summed E-state index contributed by atoms with van der Waals surface area (Å²) in [5.41, 5.74) is 2.28. The molecular formula is C15H16ClFO2. The Morgan fingerprint density at radius 1 is 1.26 bits per heavy atom. The molecule has 1 heterocycles. The molecule has 0 saturated carbocycles. The molecule has 1 aromatic heterocycles. The number of furan rings is 1. The fraction of sp³-hybridized carbons (Fsp3) is 0.333. The van der Waals surface area contributed by atoms with Crippen molar-refractivity contribution in [2.45, 2.75) is 33.3 Å². The lowest BCUT2D eigenvalue weighted by atomic mass is 9.98. The maximum absolute atomic E-state index is 13.4. The van der Waals surface area contributed by atoms with Gasteiger partial charge >= 0.3 is 0 Å². The molecule has 0 fully saturated rings. The van der Waals surface area contributed by atoms with E-state index in [1.807, 2.05) is 20.8 Å². The van der Waals surface area contributed by atoms with Crippen LogP contribution >= 0.6 is 11.6 Å². The summed E-state index contributed by atoms with van der Waals surface area (Å²) in [5, 5.41) is 10.4. The highest BCUT2D eigenvalue weighted by Gasteiger charge is 2.20. The van der Waals surface area contributed by atoms with E-state index in [1.165, 1.54) is 6.07 Å². The van der Waals surface area contributed by atoms with Gasteiger partial charge in [-0.1, -0.05) is 23.7 Å². The number of halogens is 2. The summed E-state index contributed by atoms with van der Waals surface area (Å²) < 4.78 is 18.9. The summed E-state index contributed by atoms with van der Waals surface area (Å²) in [7, 11) is 0. The van der Waals surface area contributed by atoms with Crippen LogP contribution in [0.4, 0.5) is 4.39 Å². The number of rotatable bonds is 3. The molecule has 0 aliphatic carbocycles. The number of hydrogen-bond acceptors (Lipinski definition) is 2. The van der Waals surface area contributed by atoms with Crippen molar-refractivity contribution in [3.05, 3.63) is 57.2 Å². The second-order valence-electron chi connectivity index (χ2n) is 4.69. The monoisotopic (exact) mass is 282 g/mol. The van der Waals surface area contributed by atoms with E-state index >= 15 is 0 Å². The van der Waals surface area contributed by atoms with Crippen LogP contribution in [0.25, 0.3) is 0 Å². The molecule has 1 N–H and O–H groups in total. The number of aliphatic hydroxyl groups excluding tert-OH is 1. The number of aryl methyl sites for hydroxylation is 2. The van der Waals surface area contributed by atoms with Gasteiger partial charge in [-0.3, -0.25) is 0 Å². The van der Waals surface area contributed by atoms with Gasteiger partial charge in [0.15, 0.2) is 0 Å². The van der Waals surface area contributed by atoms with E-state index in [0.717, 1.165) is 16.9 Å². The number of benzene rings is 1. The molecule has 0 bridgehead atoms. The van der Waals surface area contributed by atoms with E-state index in [-0.39, 0.29) is 11.4 Å². The summed E-state index contributed by atoms with van der Waals surface area (Å²) in [6, 6.07) is 4.60. The van der Waals surface area contributed by atoms with Crippen LogP contribution in [0.3, 0.4) is 0 Å². The smallest absolute Gasteiger partial charge is 0.142 e. The maximum Gasteiger partial charge on any atom is 0.142 e. The molecule has 0 radical (unpaired) electrons. The lowest BCUT2D eigenvalue weighted by molar-refractivity contribution is 0.175. The predicted octanol–water partition coefficient (Wildman–Crippen LogP) is 4.27. The van der Waals surface area contributed by atoms with Crippen molar-refractivity contribution in [1.29, 1.82) is 0 Å². The molecule has 102 valence electrons. The van der Waals surface area contributed by atoms with Crippen LogP contribution in [0.5, 0.6) is 0 Å². The molecule has 0 spiro atoms. The highest BCUT2D eigenvalue weighted by molar-refractivity contribution is 6.31. The van der Waals surface area contributed by atoms with Crippen molar-refractivity contribution in [2.24, 2.45) is 0 Å². The highest BCUT2D eigenvalue weighted by atomic mass is 35.5. The third-order valence-corrected chi connectivity index (χ3v) is 3.82. The maximum atomic E-state index is 13.4. The number of hydrogen-bond donors (Lipinski definition) is 1. The molecule has 2 rings (SSSR count). The molecule has 0 saturated heterocycles. The van der Waals surface area contributed by atoms with E-state index in [4.69, 9.17) is 16.0 Å². The fourth-order valence-corrected chi connectivity index (χ4v) is 2.52. The van der Waals surface area contributed by atoms with Crippen LogP contribution in [-0.2, 0) is 6.42 Å². The Hall–Kier alpha value is -1.32. The van der Waals surface area contributed by atoms with E-state index in [2.05, 4.69) is 0 Å². The van der Waals surface area contributed by atoms with Crippen LogP contribution in [0.15, 0.2) is 22.6 Å². The van der Waals surface area contributed by atoms with Crippen molar-refractivity contribution in [1.82, 2.24) is 0 Å².